The van der Waals surface area contributed by atoms with Gasteiger partial charge in [-0.3, -0.25) is 4.79 Å². The van der Waals surface area contributed by atoms with Gasteiger partial charge in [0.2, 0.25) is 0 Å². The van der Waals surface area contributed by atoms with Crippen LogP contribution in [0.15, 0.2) is 59.8 Å². The fourth-order valence-electron chi connectivity index (χ4n) is 3.31. The van der Waals surface area contributed by atoms with Crippen LogP contribution in [0.2, 0.25) is 0 Å². The SMILES string of the molecule is CCOc1cc([C@H]2NC(=O)NC(C)=C2C(=O)Nc2ccccc2)ccc1OCC(C)C. The molecule has 2 aromatic rings. The van der Waals surface area contributed by atoms with Crippen LogP contribution in [0.25, 0.3) is 0 Å². The number of hydrogen-bond acceptors (Lipinski definition) is 4. The second-order valence-electron chi connectivity index (χ2n) is 7.73. The van der Waals surface area contributed by atoms with Crippen LogP contribution in [0.3, 0.4) is 0 Å². The first-order valence-corrected chi connectivity index (χ1v) is 10.4. The van der Waals surface area contributed by atoms with E-state index in [0.717, 1.165) is 5.56 Å². The highest BCUT2D eigenvalue weighted by molar-refractivity contribution is 6.06. The molecule has 7 heteroatoms. The number of nitrogens with one attached hydrogen (secondary N) is 3. The molecule has 1 atom stereocenters. The molecule has 0 bridgehead atoms. The normalized spacial score (nSPS) is 15.9. The average molecular weight is 424 g/mol. The first-order chi connectivity index (χ1) is 14.9. The summed E-state index contributed by atoms with van der Waals surface area (Å²) in [5, 5.41) is 8.44. The second-order valence-corrected chi connectivity index (χ2v) is 7.73. The third-order valence-corrected chi connectivity index (χ3v) is 4.72. The Bertz CT molecular complexity index is 970. The minimum absolute atomic E-state index is 0.292. The number of ether oxygens (including phenoxy) is 2. The third-order valence-electron chi connectivity index (χ3n) is 4.72. The molecule has 0 fully saturated rings. The van der Waals surface area contributed by atoms with Gasteiger partial charge in [-0.1, -0.05) is 38.1 Å². The molecule has 0 saturated heterocycles. The summed E-state index contributed by atoms with van der Waals surface area (Å²) in [5.41, 5.74) is 2.34. The summed E-state index contributed by atoms with van der Waals surface area (Å²) in [5.74, 6) is 1.29. The summed E-state index contributed by atoms with van der Waals surface area (Å²) in [7, 11) is 0. The van der Waals surface area contributed by atoms with Gasteiger partial charge in [0.05, 0.1) is 24.8 Å². The van der Waals surface area contributed by atoms with E-state index in [1.165, 1.54) is 0 Å². The van der Waals surface area contributed by atoms with E-state index in [-0.39, 0.29) is 11.9 Å². The minimum atomic E-state index is -0.629. The molecule has 0 radical (unpaired) electrons. The van der Waals surface area contributed by atoms with Gasteiger partial charge in [-0.2, -0.15) is 0 Å². The zero-order valence-electron chi connectivity index (χ0n) is 18.3. The average Bonchev–Trinajstić information content (AvgIpc) is 2.73. The standard InChI is InChI=1S/C24H29N3O4/c1-5-30-20-13-17(11-12-19(20)31-14-15(2)3)22-21(16(4)25-24(29)27-22)23(28)26-18-9-7-6-8-10-18/h6-13,15,22H,5,14H2,1-4H3,(H,26,28)(H2,25,27,29)/t22-/m1/s1. The van der Waals surface area contributed by atoms with E-state index in [1.807, 2.05) is 55.5 Å². The molecule has 0 unspecified atom stereocenters. The number of urea groups is 1. The highest BCUT2D eigenvalue weighted by Gasteiger charge is 2.32. The lowest BCUT2D eigenvalue weighted by Crippen LogP contribution is -2.46. The van der Waals surface area contributed by atoms with Crippen molar-refractivity contribution in [2.75, 3.05) is 18.5 Å². The number of hydrogen-bond donors (Lipinski definition) is 3. The van der Waals surface area contributed by atoms with Crippen molar-refractivity contribution in [3.63, 3.8) is 0 Å². The predicted molar refractivity (Wildman–Crippen MR) is 120 cm³/mol. The summed E-state index contributed by atoms with van der Waals surface area (Å²) in [6.45, 7) is 8.79. The van der Waals surface area contributed by atoms with Crippen LogP contribution in [0.4, 0.5) is 10.5 Å². The maximum atomic E-state index is 13.1. The van der Waals surface area contributed by atoms with Crippen molar-refractivity contribution in [3.05, 3.63) is 65.4 Å². The van der Waals surface area contributed by atoms with Crippen LogP contribution in [0, 0.1) is 5.92 Å². The zero-order valence-corrected chi connectivity index (χ0v) is 18.3. The van der Waals surface area contributed by atoms with Gasteiger partial charge in [-0.15, -0.1) is 0 Å². The number of amides is 3. The van der Waals surface area contributed by atoms with Gasteiger partial charge in [0, 0.05) is 11.4 Å². The van der Waals surface area contributed by atoms with E-state index in [4.69, 9.17) is 9.47 Å². The molecule has 0 spiro atoms. The Balaban J connectivity index is 1.94. The molecule has 31 heavy (non-hydrogen) atoms. The van der Waals surface area contributed by atoms with Crippen LogP contribution < -0.4 is 25.4 Å². The molecule has 0 aliphatic carbocycles. The third kappa shape index (κ3) is 5.57. The summed E-state index contributed by atoms with van der Waals surface area (Å²) in [6, 6.07) is 13.7. The molecule has 1 aliphatic rings. The Hall–Kier alpha value is -3.48. The van der Waals surface area contributed by atoms with E-state index in [9.17, 15) is 9.59 Å². The maximum absolute atomic E-state index is 13.1. The van der Waals surface area contributed by atoms with E-state index >= 15 is 0 Å². The Morgan fingerprint density at radius 1 is 1.10 bits per heavy atom. The van der Waals surface area contributed by atoms with Crippen molar-refractivity contribution in [3.8, 4) is 11.5 Å². The van der Waals surface area contributed by atoms with Crippen LogP contribution in [0.1, 0.15) is 39.3 Å². The minimum Gasteiger partial charge on any atom is -0.490 e. The number of benzene rings is 2. The Labute approximate surface area is 182 Å². The predicted octanol–water partition coefficient (Wildman–Crippen LogP) is 4.39. The van der Waals surface area contributed by atoms with E-state index < -0.39 is 6.04 Å². The summed E-state index contributed by atoms with van der Waals surface area (Å²) < 4.78 is 11.6. The van der Waals surface area contributed by atoms with Crippen molar-refractivity contribution in [1.29, 1.82) is 0 Å². The second kappa shape index (κ2) is 10.0. The Morgan fingerprint density at radius 2 is 1.84 bits per heavy atom. The van der Waals surface area contributed by atoms with Gasteiger partial charge >= 0.3 is 6.03 Å². The van der Waals surface area contributed by atoms with Gasteiger partial charge in [0.1, 0.15) is 0 Å². The molecule has 3 rings (SSSR count). The first-order valence-electron chi connectivity index (χ1n) is 10.4. The van der Waals surface area contributed by atoms with Crippen molar-refractivity contribution in [2.24, 2.45) is 5.92 Å². The quantitative estimate of drug-likeness (QED) is 0.588. The molecule has 1 heterocycles. The molecule has 3 amide bonds. The Morgan fingerprint density at radius 3 is 2.52 bits per heavy atom. The number of allylic oxidation sites excluding steroid dienone is 1. The maximum Gasteiger partial charge on any atom is 0.319 e. The lowest BCUT2D eigenvalue weighted by molar-refractivity contribution is -0.113. The number of anilines is 1. The summed E-state index contributed by atoms with van der Waals surface area (Å²) in [4.78, 5) is 25.3. The highest BCUT2D eigenvalue weighted by Crippen LogP contribution is 2.35. The van der Waals surface area contributed by atoms with Gasteiger partial charge in [0.15, 0.2) is 11.5 Å². The summed E-state index contributed by atoms with van der Waals surface area (Å²) in [6.07, 6.45) is 0. The van der Waals surface area contributed by atoms with Gasteiger partial charge in [-0.25, -0.2) is 4.79 Å². The van der Waals surface area contributed by atoms with Crippen molar-refractivity contribution >= 4 is 17.6 Å². The zero-order chi connectivity index (χ0) is 22.4. The van der Waals surface area contributed by atoms with Crippen molar-refractivity contribution in [2.45, 2.75) is 33.7 Å². The van der Waals surface area contributed by atoms with Crippen LogP contribution in [-0.2, 0) is 4.79 Å². The lowest BCUT2D eigenvalue weighted by atomic mass is 9.94. The fourth-order valence-corrected chi connectivity index (χ4v) is 3.31. The monoisotopic (exact) mass is 423 g/mol. The number of para-hydroxylation sites is 1. The van der Waals surface area contributed by atoms with E-state index in [0.29, 0.717) is 47.6 Å². The smallest absolute Gasteiger partial charge is 0.319 e. The number of rotatable bonds is 8. The molecule has 3 N–H and O–H groups in total. The van der Waals surface area contributed by atoms with Gasteiger partial charge < -0.3 is 25.4 Å². The van der Waals surface area contributed by atoms with E-state index in [1.54, 1.807) is 6.92 Å². The lowest BCUT2D eigenvalue weighted by Gasteiger charge is -2.29. The molecule has 7 nitrogen and oxygen atoms in total. The molecular weight excluding hydrogens is 394 g/mol. The van der Waals surface area contributed by atoms with Crippen molar-refractivity contribution < 1.29 is 19.1 Å². The molecule has 0 aromatic heterocycles. The fraction of sp³-hybridized carbons (Fsp3) is 0.333. The highest BCUT2D eigenvalue weighted by atomic mass is 16.5. The summed E-state index contributed by atoms with van der Waals surface area (Å²) >= 11 is 0. The van der Waals surface area contributed by atoms with Gasteiger partial charge in [0.25, 0.3) is 5.91 Å². The first kappa shape index (κ1) is 22.2. The Kier molecular flexibility index (Phi) is 7.18. The van der Waals surface area contributed by atoms with Crippen LogP contribution in [0.5, 0.6) is 11.5 Å². The number of carbonyl (C=O) groups excluding carboxylic acids is 2. The molecule has 0 saturated carbocycles. The van der Waals surface area contributed by atoms with Gasteiger partial charge in [-0.05, 0) is 49.6 Å². The molecule has 164 valence electrons. The largest absolute Gasteiger partial charge is 0.490 e. The molecule has 2 aromatic carbocycles. The molecular formula is C24H29N3O4. The number of carbonyl (C=O) groups is 2. The topological polar surface area (TPSA) is 88.7 Å². The van der Waals surface area contributed by atoms with Crippen LogP contribution >= 0.6 is 0 Å². The van der Waals surface area contributed by atoms with Crippen LogP contribution in [-0.4, -0.2) is 25.2 Å². The van der Waals surface area contributed by atoms with E-state index in [2.05, 4.69) is 29.8 Å². The molecule has 1 aliphatic heterocycles. The van der Waals surface area contributed by atoms with Crippen molar-refractivity contribution in [1.82, 2.24) is 10.6 Å².